The highest BCUT2D eigenvalue weighted by atomic mass is 16.5. The summed E-state index contributed by atoms with van der Waals surface area (Å²) < 4.78 is 16.4. The van der Waals surface area contributed by atoms with Crippen LogP contribution in [0.15, 0.2) is 48.5 Å². The lowest BCUT2D eigenvalue weighted by Gasteiger charge is -2.15. The van der Waals surface area contributed by atoms with Gasteiger partial charge < -0.3 is 19.5 Å². The number of carbonyl (C=O) groups is 1. The van der Waals surface area contributed by atoms with Crippen LogP contribution in [-0.2, 0) is 4.79 Å². The number of rotatable bonds is 8. The molecule has 2 rings (SSSR count). The van der Waals surface area contributed by atoms with E-state index in [0.29, 0.717) is 30.4 Å². The van der Waals surface area contributed by atoms with Crippen molar-refractivity contribution in [3.05, 3.63) is 54.1 Å². The molecule has 0 aliphatic rings. The number of carbonyl (C=O) groups excluding carboxylic acids is 1. The fourth-order valence-corrected chi connectivity index (χ4v) is 2.09. The standard InChI is InChI=1S/C19H23NO4/c1-14-8-10-16(11-9-14)24-15(2)19(21)20-12-13-23-18-7-5-4-6-17(18)22-3/h4-11,15H,12-13H2,1-3H3,(H,20,21)/t15-/m1/s1. The van der Waals surface area contributed by atoms with Crippen molar-refractivity contribution in [3.8, 4) is 17.2 Å². The molecule has 0 aliphatic heterocycles. The van der Waals surface area contributed by atoms with Gasteiger partial charge in [0.15, 0.2) is 17.6 Å². The van der Waals surface area contributed by atoms with Crippen LogP contribution in [-0.4, -0.2) is 32.3 Å². The van der Waals surface area contributed by atoms with E-state index in [1.807, 2.05) is 55.5 Å². The predicted molar refractivity (Wildman–Crippen MR) is 92.8 cm³/mol. The monoisotopic (exact) mass is 329 g/mol. The van der Waals surface area contributed by atoms with E-state index < -0.39 is 6.10 Å². The normalized spacial score (nSPS) is 11.5. The number of amides is 1. The predicted octanol–water partition coefficient (Wildman–Crippen LogP) is 2.97. The zero-order chi connectivity index (χ0) is 17.4. The van der Waals surface area contributed by atoms with Crippen molar-refractivity contribution in [1.82, 2.24) is 5.32 Å². The van der Waals surface area contributed by atoms with Crippen molar-refractivity contribution < 1.29 is 19.0 Å². The maximum atomic E-state index is 12.0. The third kappa shape index (κ3) is 5.19. The van der Waals surface area contributed by atoms with Crippen LogP contribution in [0.1, 0.15) is 12.5 Å². The second kappa shape index (κ2) is 8.82. The van der Waals surface area contributed by atoms with Crippen LogP contribution in [0.5, 0.6) is 17.2 Å². The molecular formula is C19H23NO4. The molecule has 0 aromatic heterocycles. The highest BCUT2D eigenvalue weighted by Gasteiger charge is 2.14. The lowest BCUT2D eigenvalue weighted by Crippen LogP contribution is -2.38. The summed E-state index contributed by atoms with van der Waals surface area (Å²) in [7, 11) is 1.59. The molecule has 0 unspecified atom stereocenters. The van der Waals surface area contributed by atoms with E-state index in [0.717, 1.165) is 5.56 Å². The summed E-state index contributed by atoms with van der Waals surface area (Å²) in [5.74, 6) is 1.81. The summed E-state index contributed by atoms with van der Waals surface area (Å²) in [4.78, 5) is 12.0. The smallest absolute Gasteiger partial charge is 0.260 e. The Morgan fingerprint density at radius 1 is 1.08 bits per heavy atom. The van der Waals surface area contributed by atoms with Gasteiger partial charge in [-0.3, -0.25) is 4.79 Å². The summed E-state index contributed by atoms with van der Waals surface area (Å²) in [5, 5.41) is 2.79. The van der Waals surface area contributed by atoms with E-state index in [2.05, 4.69) is 5.32 Å². The number of benzene rings is 2. The Labute approximate surface area is 142 Å². The number of para-hydroxylation sites is 2. The molecule has 0 aliphatic carbocycles. The van der Waals surface area contributed by atoms with E-state index in [1.165, 1.54) is 0 Å². The topological polar surface area (TPSA) is 56.8 Å². The Bertz CT molecular complexity index is 655. The fraction of sp³-hybridized carbons (Fsp3) is 0.316. The molecule has 1 N–H and O–H groups in total. The van der Waals surface area contributed by atoms with Crippen LogP contribution >= 0.6 is 0 Å². The highest BCUT2D eigenvalue weighted by molar-refractivity contribution is 5.80. The van der Waals surface area contributed by atoms with Gasteiger partial charge in [0.1, 0.15) is 12.4 Å². The molecule has 5 nitrogen and oxygen atoms in total. The Morgan fingerprint density at radius 2 is 1.75 bits per heavy atom. The highest BCUT2D eigenvalue weighted by Crippen LogP contribution is 2.25. The maximum Gasteiger partial charge on any atom is 0.260 e. The second-order valence-corrected chi connectivity index (χ2v) is 5.36. The van der Waals surface area contributed by atoms with E-state index in [4.69, 9.17) is 14.2 Å². The second-order valence-electron chi connectivity index (χ2n) is 5.36. The van der Waals surface area contributed by atoms with Crippen molar-refractivity contribution in [2.24, 2.45) is 0 Å². The molecule has 0 bridgehead atoms. The average Bonchev–Trinajstić information content (AvgIpc) is 2.60. The van der Waals surface area contributed by atoms with Gasteiger partial charge in [0.25, 0.3) is 5.91 Å². The zero-order valence-electron chi connectivity index (χ0n) is 14.2. The van der Waals surface area contributed by atoms with Crippen LogP contribution < -0.4 is 19.5 Å². The number of aryl methyl sites for hydroxylation is 1. The molecule has 0 fully saturated rings. The number of nitrogens with one attached hydrogen (secondary N) is 1. The van der Waals surface area contributed by atoms with Gasteiger partial charge in [-0.1, -0.05) is 29.8 Å². The first-order valence-electron chi connectivity index (χ1n) is 7.87. The molecule has 1 amide bonds. The summed E-state index contributed by atoms with van der Waals surface area (Å²) >= 11 is 0. The van der Waals surface area contributed by atoms with Gasteiger partial charge >= 0.3 is 0 Å². The Kier molecular flexibility index (Phi) is 6.49. The summed E-state index contributed by atoms with van der Waals surface area (Å²) in [5.41, 5.74) is 1.15. The summed E-state index contributed by atoms with van der Waals surface area (Å²) in [6.45, 7) is 4.46. The Morgan fingerprint density at radius 3 is 2.42 bits per heavy atom. The third-order valence-electron chi connectivity index (χ3n) is 3.43. The molecule has 2 aromatic rings. The van der Waals surface area contributed by atoms with Crippen LogP contribution in [0.3, 0.4) is 0 Å². The first kappa shape index (κ1) is 17.7. The largest absolute Gasteiger partial charge is 0.493 e. The minimum Gasteiger partial charge on any atom is -0.493 e. The van der Waals surface area contributed by atoms with Crippen LogP contribution in [0, 0.1) is 6.92 Å². The van der Waals surface area contributed by atoms with E-state index in [1.54, 1.807) is 14.0 Å². The van der Waals surface area contributed by atoms with Crippen LogP contribution in [0.25, 0.3) is 0 Å². The van der Waals surface area contributed by atoms with Crippen molar-refractivity contribution >= 4 is 5.91 Å². The maximum absolute atomic E-state index is 12.0. The van der Waals surface area contributed by atoms with Gasteiger partial charge in [0, 0.05) is 0 Å². The van der Waals surface area contributed by atoms with Crippen LogP contribution in [0.4, 0.5) is 0 Å². The first-order chi connectivity index (χ1) is 11.6. The summed E-state index contributed by atoms with van der Waals surface area (Å²) in [6, 6.07) is 15.0. The Hall–Kier alpha value is -2.69. The zero-order valence-corrected chi connectivity index (χ0v) is 14.2. The fourth-order valence-electron chi connectivity index (χ4n) is 2.09. The third-order valence-corrected chi connectivity index (χ3v) is 3.43. The molecule has 0 spiro atoms. The molecule has 0 saturated carbocycles. The molecule has 1 atom stereocenters. The molecule has 2 aromatic carbocycles. The van der Waals surface area contributed by atoms with Crippen LogP contribution in [0.2, 0.25) is 0 Å². The van der Waals surface area contributed by atoms with E-state index >= 15 is 0 Å². The number of ether oxygens (including phenoxy) is 3. The lowest BCUT2D eigenvalue weighted by atomic mass is 10.2. The number of hydrogen-bond acceptors (Lipinski definition) is 4. The van der Waals surface area contributed by atoms with Gasteiger partial charge in [-0.2, -0.15) is 0 Å². The number of methoxy groups -OCH3 is 1. The first-order valence-corrected chi connectivity index (χ1v) is 7.87. The van der Waals surface area contributed by atoms with Crippen molar-refractivity contribution in [2.45, 2.75) is 20.0 Å². The lowest BCUT2D eigenvalue weighted by molar-refractivity contribution is -0.127. The Balaban J connectivity index is 1.73. The minimum atomic E-state index is -0.570. The van der Waals surface area contributed by atoms with Gasteiger partial charge in [-0.15, -0.1) is 0 Å². The van der Waals surface area contributed by atoms with Gasteiger partial charge in [0.05, 0.1) is 13.7 Å². The minimum absolute atomic E-state index is 0.181. The van der Waals surface area contributed by atoms with Crippen molar-refractivity contribution in [1.29, 1.82) is 0 Å². The SMILES string of the molecule is COc1ccccc1OCCNC(=O)[C@@H](C)Oc1ccc(C)cc1. The molecule has 0 saturated heterocycles. The van der Waals surface area contributed by atoms with Crippen molar-refractivity contribution in [3.63, 3.8) is 0 Å². The molecule has 5 heteroatoms. The molecule has 0 radical (unpaired) electrons. The average molecular weight is 329 g/mol. The van der Waals surface area contributed by atoms with Gasteiger partial charge in [-0.05, 0) is 38.1 Å². The summed E-state index contributed by atoms with van der Waals surface area (Å²) in [6.07, 6.45) is -0.570. The van der Waals surface area contributed by atoms with Crippen molar-refractivity contribution in [2.75, 3.05) is 20.3 Å². The quantitative estimate of drug-likeness (QED) is 0.757. The molecule has 24 heavy (non-hydrogen) atoms. The van der Waals surface area contributed by atoms with E-state index in [-0.39, 0.29) is 5.91 Å². The molecule has 0 heterocycles. The molecular weight excluding hydrogens is 306 g/mol. The van der Waals surface area contributed by atoms with Gasteiger partial charge in [-0.25, -0.2) is 0 Å². The van der Waals surface area contributed by atoms with Gasteiger partial charge in [0.2, 0.25) is 0 Å². The molecule has 128 valence electrons. The number of hydrogen-bond donors (Lipinski definition) is 1. The van der Waals surface area contributed by atoms with E-state index in [9.17, 15) is 4.79 Å².